The second kappa shape index (κ2) is 6.00. The molecule has 0 aliphatic heterocycles. The van der Waals surface area contributed by atoms with Crippen molar-refractivity contribution < 1.29 is 9.94 Å². The minimum Gasteiger partial charge on any atom is -0.457 e. The van der Waals surface area contributed by atoms with Gasteiger partial charge >= 0.3 is 0 Å². The summed E-state index contributed by atoms with van der Waals surface area (Å²) in [5, 5.41) is 11.5. The van der Waals surface area contributed by atoms with Gasteiger partial charge in [-0.3, -0.25) is 0 Å². The van der Waals surface area contributed by atoms with E-state index in [2.05, 4.69) is 51.0 Å². The molecular weight excluding hydrogens is 262 g/mol. The molecule has 0 aliphatic carbocycles. The van der Waals surface area contributed by atoms with Crippen molar-refractivity contribution in [1.82, 2.24) is 0 Å². The second-order valence-electron chi connectivity index (χ2n) is 6.17. The molecule has 0 radical (unpaired) electrons. The first-order valence-corrected chi connectivity index (χ1v) is 6.96. The molecule has 0 bridgehead atoms. The van der Waals surface area contributed by atoms with Crippen molar-refractivity contribution in [3.05, 3.63) is 59.2 Å². The molecule has 0 saturated heterocycles. The van der Waals surface area contributed by atoms with E-state index in [-0.39, 0.29) is 5.41 Å². The van der Waals surface area contributed by atoms with E-state index in [4.69, 9.17) is 9.94 Å². The van der Waals surface area contributed by atoms with Crippen molar-refractivity contribution in [1.29, 1.82) is 0 Å². The van der Waals surface area contributed by atoms with Crippen LogP contribution in [0.5, 0.6) is 11.5 Å². The lowest BCUT2D eigenvalue weighted by atomic mass is 9.86. The normalized spacial score (nSPS) is 11.8. The van der Waals surface area contributed by atoms with Crippen molar-refractivity contribution in [3.63, 3.8) is 0 Å². The molecule has 1 N–H and O–H groups in total. The molecule has 3 heteroatoms. The second-order valence-corrected chi connectivity index (χ2v) is 6.17. The number of hydrogen-bond acceptors (Lipinski definition) is 3. The summed E-state index contributed by atoms with van der Waals surface area (Å²) in [4.78, 5) is 0. The van der Waals surface area contributed by atoms with Gasteiger partial charge in [0.15, 0.2) is 0 Å². The topological polar surface area (TPSA) is 41.8 Å². The maximum Gasteiger partial charge on any atom is 0.131 e. The fraction of sp³-hybridized carbons (Fsp3) is 0.278. The summed E-state index contributed by atoms with van der Waals surface area (Å²) in [7, 11) is 0. The number of benzene rings is 2. The third kappa shape index (κ3) is 3.85. The van der Waals surface area contributed by atoms with Gasteiger partial charge in [-0.2, -0.15) is 0 Å². The first-order chi connectivity index (χ1) is 9.90. The molecule has 0 heterocycles. The Morgan fingerprint density at radius 3 is 2.29 bits per heavy atom. The van der Waals surface area contributed by atoms with Crippen LogP contribution >= 0.6 is 0 Å². The van der Waals surface area contributed by atoms with E-state index < -0.39 is 0 Å². The Bertz CT molecular complexity index is 637. The summed E-state index contributed by atoms with van der Waals surface area (Å²) in [6, 6.07) is 13.7. The highest BCUT2D eigenvalue weighted by Gasteiger charge is 2.19. The van der Waals surface area contributed by atoms with Crippen LogP contribution in [0, 0.1) is 6.92 Å². The first kappa shape index (κ1) is 15.1. The molecule has 0 atom stereocenters. The van der Waals surface area contributed by atoms with Gasteiger partial charge in [0.2, 0.25) is 0 Å². The molecular formula is C18H21NO2. The highest BCUT2D eigenvalue weighted by molar-refractivity contribution is 5.79. The van der Waals surface area contributed by atoms with E-state index in [0.717, 1.165) is 17.1 Å². The Kier molecular flexibility index (Phi) is 4.32. The summed E-state index contributed by atoms with van der Waals surface area (Å²) < 4.78 is 6.04. The van der Waals surface area contributed by atoms with E-state index in [1.165, 1.54) is 17.3 Å². The van der Waals surface area contributed by atoms with Crippen LogP contribution in [0.4, 0.5) is 0 Å². The van der Waals surface area contributed by atoms with E-state index in [1.807, 2.05) is 24.3 Å². The molecule has 2 aromatic carbocycles. The monoisotopic (exact) mass is 283 g/mol. The fourth-order valence-electron chi connectivity index (χ4n) is 2.15. The van der Waals surface area contributed by atoms with Crippen LogP contribution in [0.15, 0.2) is 47.6 Å². The lowest BCUT2D eigenvalue weighted by Gasteiger charge is -2.23. The largest absolute Gasteiger partial charge is 0.457 e. The van der Waals surface area contributed by atoms with E-state index in [0.29, 0.717) is 0 Å². The van der Waals surface area contributed by atoms with Crippen LogP contribution in [-0.2, 0) is 5.41 Å². The number of aryl methyl sites for hydroxylation is 1. The van der Waals surface area contributed by atoms with Crippen LogP contribution in [0.1, 0.15) is 37.5 Å². The lowest BCUT2D eigenvalue weighted by Crippen LogP contribution is -2.12. The molecule has 0 spiro atoms. The standard InChI is InChI=1S/C18H21NO2/c1-13-5-10-16(18(2,3)4)17(11-13)21-15-8-6-14(7-9-15)12-19-20/h5-12,20H,1-4H3. The third-order valence-electron chi connectivity index (χ3n) is 3.26. The van der Waals surface area contributed by atoms with E-state index in [9.17, 15) is 0 Å². The molecule has 2 rings (SSSR count). The van der Waals surface area contributed by atoms with Crippen LogP contribution in [-0.4, -0.2) is 11.4 Å². The van der Waals surface area contributed by atoms with Gasteiger partial charge in [-0.05, 0) is 53.8 Å². The Balaban J connectivity index is 2.32. The molecule has 0 saturated carbocycles. The van der Waals surface area contributed by atoms with Gasteiger partial charge in [0, 0.05) is 5.56 Å². The summed E-state index contributed by atoms with van der Waals surface area (Å²) >= 11 is 0. The third-order valence-corrected chi connectivity index (χ3v) is 3.26. The van der Waals surface area contributed by atoms with Crippen molar-refractivity contribution in [2.45, 2.75) is 33.1 Å². The van der Waals surface area contributed by atoms with Gasteiger partial charge in [-0.1, -0.05) is 38.1 Å². The molecule has 110 valence electrons. The molecule has 2 aromatic rings. The fourth-order valence-corrected chi connectivity index (χ4v) is 2.15. The van der Waals surface area contributed by atoms with Crippen LogP contribution in [0.2, 0.25) is 0 Å². The minimum absolute atomic E-state index is 0.0204. The van der Waals surface area contributed by atoms with Gasteiger partial charge in [0.1, 0.15) is 11.5 Å². The van der Waals surface area contributed by atoms with Crippen LogP contribution < -0.4 is 4.74 Å². The smallest absolute Gasteiger partial charge is 0.131 e. The zero-order chi connectivity index (χ0) is 15.5. The van der Waals surface area contributed by atoms with Crippen LogP contribution in [0.25, 0.3) is 0 Å². The minimum atomic E-state index is 0.0204. The molecule has 21 heavy (non-hydrogen) atoms. The summed E-state index contributed by atoms with van der Waals surface area (Å²) in [6.45, 7) is 8.57. The van der Waals surface area contributed by atoms with Crippen LogP contribution in [0.3, 0.4) is 0 Å². The predicted molar refractivity (Wildman–Crippen MR) is 85.8 cm³/mol. The molecule has 0 aromatic heterocycles. The Morgan fingerprint density at radius 1 is 1.05 bits per heavy atom. The number of oxime groups is 1. The maximum atomic E-state index is 8.52. The molecule has 0 unspecified atom stereocenters. The van der Waals surface area contributed by atoms with Gasteiger partial charge in [0.05, 0.1) is 6.21 Å². The Morgan fingerprint density at radius 2 is 1.71 bits per heavy atom. The van der Waals surface area contributed by atoms with Crippen molar-refractivity contribution in [2.75, 3.05) is 0 Å². The van der Waals surface area contributed by atoms with Gasteiger partial charge in [0.25, 0.3) is 0 Å². The summed E-state index contributed by atoms with van der Waals surface area (Å²) in [5.74, 6) is 1.65. The van der Waals surface area contributed by atoms with Gasteiger partial charge < -0.3 is 9.94 Å². The van der Waals surface area contributed by atoms with Crippen molar-refractivity contribution in [3.8, 4) is 11.5 Å². The SMILES string of the molecule is Cc1ccc(C(C)(C)C)c(Oc2ccc(C=NO)cc2)c1. The Hall–Kier alpha value is -2.29. The quantitative estimate of drug-likeness (QED) is 0.495. The van der Waals surface area contributed by atoms with E-state index in [1.54, 1.807) is 0 Å². The lowest BCUT2D eigenvalue weighted by molar-refractivity contribution is 0.322. The number of hydrogen-bond donors (Lipinski definition) is 1. The zero-order valence-electron chi connectivity index (χ0n) is 12.9. The maximum absolute atomic E-state index is 8.52. The van der Waals surface area contributed by atoms with Crippen molar-refractivity contribution >= 4 is 6.21 Å². The predicted octanol–water partition coefficient (Wildman–Crippen LogP) is 4.89. The molecule has 3 nitrogen and oxygen atoms in total. The summed E-state index contributed by atoms with van der Waals surface area (Å²) in [5.41, 5.74) is 3.19. The van der Waals surface area contributed by atoms with Gasteiger partial charge in [-0.15, -0.1) is 0 Å². The number of nitrogens with zero attached hydrogens (tertiary/aromatic N) is 1. The number of rotatable bonds is 3. The number of ether oxygens (including phenoxy) is 1. The molecule has 0 aliphatic rings. The van der Waals surface area contributed by atoms with Crippen molar-refractivity contribution in [2.24, 2.45) is 5.16 Å². The van der Waals surface area contributed by atoms with E-state index >= 15 is 0 Å². The molecule has 0 fully saturated rings. The average molecular weight is 283 g/mol. The first-order valence-electron chi connectivity index (χ1n) is 6.96. The Labute approximate surface area is 125 Å². The average Bonchev–Trinajstić information content (AvgIpc) is 2.40. The molecule has 0 amide bonds. The summed E-state index contributed by atoms with van der Waals surface area (Å²) in [6.07, 6.45) is 1.39. The zero-order valence-corrected chi connectivity index (χ0v) is 12.9. The highest BCUT2D eigenvalue weighted by Crippen LogP contribution is 2.34. The van der Waals surface area contributed by atoms with Gasteiger partial charge in [-0.25, -0.2) is 0 Å². The highest BCUT2D eigenvalue weighted by atomic mass is 16.5.